The number of rotatable bonds is 3. The predicted molar refractivity (Wildman–Crippen MR) is 93.3 cm³/mol. The van der Waals surface area contributed by atoms with Crippen LogP contribution in [0.1, 0.15) is 15.9 Å². The Balaban J connectivity index is 1.79. The van der Waals surface area contributed by atoms with Gasteiger partial charge in [0.15, 0.2) is 0 Å². The second-order valence-electron chi connectivity index (χ2n) is 4.75. The fourth-order valence-electron chi connectivity index (χ4n) is 2.13. The van der Waals surface area contributed by atoms with Crippen molar-refractivity contribution in [3.05, 3.63) is 75.9 Å². The van der Waals surface area contributed by atoms with Crippen LogP contribution in [0.5, 0.6) is 0 Å². The zero-order valence-corrected chi connectivity index (χ0v) is 13.3. The number of carbonyl (C=O) groups is 1. The Morgan fingerprint density at radius 1 is 1.13 bits per heavy atom. The molecule has 0 bridgehead atoms. The van der Waals surface area contributed by atoms with Crippen molar-refractivity contribution < 1.29 is 4.79 Å². The molecule has 6 heteroatoms. The molecule has 3 rings (SSSR count). The van der Waals surface area contributed by atoms with E-state index >= 15 is 0 Å². The average Bonchev–Trinajstić information content (AvgIpc) is 2.55. The third-order valence-electron chi connectivity index (χ3n) is 3.21. The molecule has 2 aromatic carbocycles. The second-order valence-corrected chi connectivity index (χ2v) is 5.59. The second kappa shape index (κ2) is 6.77. The van der Waals surface area contributed by atoms with E-state index in [9.17, 15) is 4.79 Å². The van der Waals surface area contributed by atoms with Crippen molar-refractivity contribution in [3.8, 4) is 0 Å². The lowest BCUT2D eigenvalue weighted by Crippen LogP contribution is -2.18. The van der Waals surface area contributed by atoms with Crippen molar-refractivity contribution in [2.75, 3.05) is 0 Å². The minimum atomic E-state index is -0.406. The van der Waals surface area contributed by atoms with Gasteiger partial charge < -0.3 is 0 Å². The van der Waals surface area contributed by atoms with E-state index in [1.165, 1.54) is 6.07 Å². The van der Waals surface area contributed by atoms with E-state index in [4.69, 9.17) is 23.2 Å². The van der Waals surface area contributed by atoms with Gasteiger partial charge in [-0.25, -0.2) is 5.43 Å². The molecule has 0 radical (unpaired) electrons. The molecule has 0 aliphatic heterocycles. The summed E-state index contributed by atoms with van der Waals surface area (Å²) in [6.45, 7) is 0. The van der Waals surface area contributed by atoms with Gasteiger partial charge in [0.25, 0.3) is 5.91 Å². The summed E-state index contributed by atoms with van der Waals surface area (Å²) in [5.74, 6) is -0.406. The van der Waals surface area contributed by atoms with Crippen LogP contribution in [-0.4, -0.2) is 17.1 Å². The summed E-state index contributed by atoms with van der Waals surface area (Å²) < 4.78 is 0. The quantitative estimate of drug-likeness (QED) is 0.569. The van der Waals surface area contributed by atoms with E-state index in [-0.39, 0.29) is 5.02 Å². The predicted octanol–water partition coefficient (Wildman–Crippen LogP) is 4.31. The van der Waals surface area contributed by atoms with Crippen LogP contribution in [0.3, 0.4) is 0 Å². The number of nitrogens with one attached hydrogen (secondary N) is 1. The fourth-order valence-corrected chi connectivity index (χ4v) is 2.62. The molecular weight excluding hydrogens is 333 g/mol. The topological polar surface area (TPSA) is 54.4 Å². The van der Waals surface area contributed by atoms with Gasteiger partial charge in [0.2, 0.25) is 0 Å². The van der Waals surface area contributed by atoms with Crippen molar-refractivity contribution in [2.24, 2.45) is 5.10 Å². The number of hydrazone groups is 1. The monoisotopic (exact) mass is 343 g/mol. The van der Waals surface area contributed by atoms with Crippen LogP contribution in [0.15, 0.2) is 59.8 Å². The molecule has 0 aliphatic carbocycles. The van der Waals surface area contributed by atoms with Crippen molar-refractivity contribution in [3.63, 3.8) is 0 Å². The fraction of sp³-hybridized carbons (Fsp3) is 0. The molecule has 1 amide bonds. The minimum Gasteiger partial charge on any atom is -0.267 e. The average molecular weight is 344 g/mol. The summed E-state index contributed by atoms with van der Waals surface area (Å²) >= 11 is 11.8. The van der Waals surface area contributed by atoms with Crippen molar-refractivity contribution in [2.45, 2.75) is 0 Å². The lowest BCUT2D eigenvalue weighted by atomic mass is 10.1. The molecule has 1 heterocycles. The van der Waals surface area contributed by atoms with Crippen LogP contribution in [0.2, 0.25) is 10.0 Å². The number of para-hydroxylation sites is 1. The third kappa shape index (κ3) is 3.50. The minimum absolute atomic E-state index is 0.275. The van der Waals surface area contributed by atoms with Crippen LogP contribution >= 0.6 is 23.2 Å². The maximum atomic E-state index is 12.1. The van der Waals surface area contributed by atoms with Gasteiger partial charge in [0.1, 0.15) is 0 Å². The Labute approximate surface area is 142 Å². The van der Waals surface area contributed by atoms with Crippen LogP contribution in [0.25, 0.3) is 10.9 Å². The van der Waals surface area contributed by atoms with Gasteiger partial charge in [-0.15, -0.1) is 0 Å². The standard InChI is InChI=1S/C17H11Cl2N3O/c18-13-6-7-14(15(19)9-13)17(23)22-21-10-12-4-1-3-11-5-2-8-20-16(11)12/h1-10H,(H,22,23). The first kappa shape index (κ1) is 15.5. The van der Waals surface area contributed by atoms with E-state index < -0.39 is 5.91 Å². The number of carbonyl (C=O) groups excluding carboxylic acids is 1. The molecule has 23 heavy (non-hydrogen) atoms. The van der Waals surface area contributed by atoms with Crippen molar-refractivity contribution in [1.29, 1.82) is 0 Å². The highest BCUT2D eigenvalue weighted by atomic mass is 35.5. The first-order valence-corrected chi connectivity index (χ1v) is 7.53. The molecule has 0 spiro atoms. The van der Waals surface area contributed by atoms with Gasteiger partial charge in [-0.2, -0.15) is 5.10 Å². The van der Waals surface area contributed by atoms with Crippen LogP contribution in [0.4, 0.5) is 0 Å². The summed E-state index contributed by atoms with van der Waals surface area (Å²) in [5.41, 5.74) is 4.39. The zero-order chi connectivity index (χ0) is 16.2. The number of fused-ring (bicyclic) bond motifs is 1. The SMILES string of the molecule is O=C(NN=Cc1cccc2cccnc12)c1ccc(Cl)cc1Cl. The maximum absolute atomic E-state index is 12.1. The summed E-state index contributed by atoms with van der Waals surface area (Å²) in [6.07, 6.45) is 3.27. The van der Waals surface area contributed by atoms with E-state index in [1.807, 2.05) is 30.3 Å². The number of aromatic nitrogens is 1. The molecule has 0 atom stereocenters. The lowest BCUT2D eigenvalue weighted by Gasteiger charge is -2.03. The van der Waals surface area contributed by atoms with Crippen LogP contribution < -0.4 is 5.43 Å². The van der Waals surface area contributed by atoms with E-state index in [0.29, 0.717) is 10.6 Å². The molecule has 0 saturated heterocycles. The number of hydrogen-bond acceptors (Lipinski definition) is 3. The zero-order valence-electron chi connectivity index (χ0n) is 11.8. The Morgan fingerprint density at radius 3 is 2.78 bits per heavy atom. The van der Waals surface area contributed by atoms with Crippen LogP contribution in [-0.2, 0) is 0 Å². The van der Waals surface area contributed by atoms with Gasteiger partial charge in [0, 0.05) is 22.2 Å². The number of nitrogens with zero attached hydrogens (tertiary/aromatic N) is 2. The molecule has 0 unspecified atom stereocenters. The third-order valence-corrected chi connectivity index (χ3v) is 3.76. The van der Waals surface area contributed by atoms with Gasteiger partial charge in [0.05, 0.1) is 22.3 Å². The molecule has 1 aromatic heterocycles. The van der Waals surface area contributed by atoms with E-state index in [0.717, 1.165) is 16.5 Å². The van der Waals surface area contributed by atoms with Gasteiger partial charge in [-0.1, -0.05) is 47.5 Å². The lowest BCUT2D eigenvalue weighted by molar-refractivity contribution is 0.0955. The molecule has 0 fully saturated rings. The Bertz CT molecular complexity index is 904. The number of halogens is 2. The number of pyridine rings is 1. The number of amides is 1. The Hall–Kier alpha value is -2.43. The first-order chi connectivity index (χ1) is 11.1. The highest BCUT2D eigenvalue weighted by molar-refractivity contribution is 6.36. The molecule has 1 N–H and O–H groups in total. The smallest absolute Gasteiger partial charge is 0.267 e. The summed E-state index contributed by atoms with van der Waals surface area (Å²) in [5, 5.41) is 5.72. The van der Waals surface area contributed by atoms with E-state index in [1.54, 1.807) is 24.5 Å². The maximum Gasteiger partial charge on any atom is 0.272 e. The summed E-state index contributed by atoms with van der Waals surface area (Å²) in [4.78, 5) is 16.4. The Kier molecular flexibility index (Phi) is 4.55. The normalized spacial score (nSPS) is 11.0. The summed E-state index contributed by atoms with van der Waals surface area (Å²) in [6, 6.07) is 14.2. The highest BCUT2D eigenvalue weighted by Crippen LogP contribution is 2.20. The van der Waals surface area contributed by atoms with Crippen molar-refractivity contribution >= 4 is 46.2 Å². The van der Waals surface area contributed by atoms with Gasteiger partial charge >= 0.3 is 0 Å². The molecule has 0 saturated carbocycles. The van der Waals surface area contributed by atoms with Gasteiger partial charge in [-0.05, 0) is 24.3 Å². The first-order valence-electron chi connectivity index (χ1n) is 6.77. The largest absolute Gasteiger partial charge is 0.272 e. The molecule has 114 valence electrons. The molecule has 4 nitrogen and oxygen atoms in total. The van der Waals surface area contributed by atoms with Crippen molar-refractivity contribution in [1.82, 2.24) is 10.4 Å². The Morgan fingerprint density at radius 2 is 1.96 bits per heavy atom. The number of hydrogen-bond donors (Lipinski definition) is 1. The van der Waals surface area contributed by atoms with Crippen LogP contribution in [0, 0.1) is 0 Å². The van der Waals surface area contributed by atoms with E-state index in [2.05, 4.69) is 15.5 Å². The molecular formula is C17H11Cl2N3O. The molecule has 3 aromatic rings. The van der Waals surface area contributed by atoms with Gasteiger partial charge in [-0.3, -0.25) is 9.78 Å². The number of benzene rings is 2. The highest BCUT2D eigenvalue weighted by Gasteiger charge is 2.09. The summed E-state index contributed by atoms with van der Waals surface area (Å²) in [7, 11) is 0. The molecule has 0 aliphatic rings.